The number of likely N-dealkylation sites (tertiary alicyclic amines) is 1. The van der Waals surface area contributed by atoms with Crippen LogP contribution in [0, 0.1) is 11.2 Å². The fourth-order valence-corrected chi connectivity index (χ4v) is 3.88. The van der Waals surface area contributed by atoms with Crippen LogP contribution in [0.3, 0.4) is 0 Å². The molecule has 140 valence electrons. The lowest BCUT2D eigenvalue weighted by atomic mass is 9.73. The molecule has 2 aromatic rings. The van der Waals surface area contributed by atoms with Crippen LogP contribution in [0.15, 0.2) is 42.5 Å². The van der Waals surface area contributed by atoms with Crippen LogP contribution in [0.25, 0.3) is 0 Å². The number of nitrogens with zero attached hydrogens (tertiary/aromatic N) is 1. The van der Waals surface area contributed by atoms with Gasteiger partial charge in [-0.05, 0) is 42.2 Å². The molecule has 0 spiro atoms. The predicted octanol–water partition coefficient (Wildman–Crippen LogP) is 2.97. The van der Waals surface area contributed by atoms with Gasteiger partial charge in [0.2, 0.25) is 0 Å². The molecule has 2 aromatic carbocycles. The van der Waals surface area contributed by atoms with Gasteiger partial charge in [-0.3, -0.25) is 4.90 Å². The minimum absolute atomic E-state index is 0.0425. The summed E-state index contributed by atoms with van der Waals surface area (Å²) >= 11 is 6.18. The van der Waals surface area contributed by atoms with Crippen molar-refractivity contribution in [2.75, 3.05) is 19.7 Å². The van der Waals surface area contributed by atoms with Crippen molar-refractivity contribution >= 4 is 11.6 Å². The quantitative estimate of drug-likeness (QED) is 0.747. The second-order valence-corrected chi connectivity index (χ2v) is 7.47. The predicted molar refractivity (Wildman–Crippen MR) is 98.6 cm³/mol. The first-order chi connectivity index (χ1) is 12.4. The van der Waals surface area contributed by atoms with Gasteiger partial charge >= 0.3 is 0 Å². The van der Waals surface area contributed by atoms with Gasteiger partial charge in [-0.25, -0.2) is 4.39 Å². The van der Waals surface area contributed by atoms with Crippen molar-refractivity contribution in [1.82, 2.24) is 4.90 Å². The van der Waals surface area contributed by atoms with E-state index in [-0.39, 0.29) is 18.2 Å². The Bertz CT molecular complexity index is 755. The summed E-state index contributed by atoms with van der Waals surface area (Å²) in [6.45, 7) is 1.49. The number of rotatable bonds is 5. The molecule has 0 bridgehead atoms. The molecule has 6 heteroatoms. The SMILES string of the molecule is OC[C@]1(Cc2ccc(F)cc2)CN(Cc2cccc(O)c2Cl)CC[C@@H]1O. The summed E-state index contributed by atoms with van der Waals surface area (Å²) in [6, 6.07) is 11.3. The Morgan fingerprint density at radius 3 is 2.62 bits per heavy atom. The minimum Gasteiger partial charge on any atom is -0.506 e. The smallest absolute Gasteiger partial charge is 0.134 e. The van der Waals surface area contributed by atoms with Crippen LogP contribution >= 0.6 is 11.6 Å². The number of aromatic hydroxyl groups is 1. The zero-order valence-corrected chi connectivity index (χ0v) is 15.2. The molecule has 0 amide bonds. The Kier molecular flexibility index (Phi) is 5.82. The zero-order valence-electron chi connectivity index (χ0n) is 14.4. The normalized spacial score (nSPS) is 23.9. The molecular weight excluding hydrogens is 357 g/mol. The molecule has 26 heavy (non-hydrogen) atoms. The third-order valence-electron chi connectivity index (χ3n) is 5.20. The van der Waals surface area contributed by atoms with Crippen molar-refractivity contribution < 1.29 is 19.7 Å². The molecule has 4 nitrogen and oxygen atoms in total. The number of aliphatic hydroxyl groups excluding tert-OH is 2. The van der Waals surface area contributed by atoms with Crippen molar-refractivity contribution in [1.29, 1.82) is 0 Å². The summed E-state index contributed by atoms with van der Waals surface area (Å²) in [5, 5.41) is 30.8. The summed E-state index contributed by atoms with van der Waals surface area (Å²) in [4.78, 5) is 2.12. The van der Waals surface area contributed by atoms with E-state index in [1.807, 2.05) is 6.07 Å². The number of hydrogen-bond acceptors (Lipinski definition) is 4. The van der Waals surface area contributed by atoms with Crippen molar-refractivity contribution in [2.45, 2.75) is 25.5 Å². The van der Waals surface area contributed by atoms with E-state index in [4.69, 9.17) is 11.6 Å². The second-order valence-electron chi connectivity index (χ2n) is 7.09. The number of aliphatic hydroxyl groups is 2. The van der Waals surface area contributed by atoms with E-state index in [0.717, 1.165) is 11.1 Å². The largest absolute Gasteiger partial charge is 0.506 e. The molecule has 2 atom stereocenters. The molecule has 1 heterocycles. The van der Waals surface area contributed by atoms with E-state index in [9.17, 15) is 19.7 Å². The molecule has 1 saturated heterocycles. The van der Waals surface area contributed by atoms with Crippen LogP contribution in [-0.4, -0.2) is 46.0 Å². The molecule has 1 aliphatic rings. The van der Waals surface area contributed by atoms with E-state index in [1.165, 1.54) is 12.1 Å². The second kappa shape index (κ2) is 7.92. The molecule has 1 fully saturated rings. The van der Waals surface area contributed by atoms with E-state index < -0.39 is 11.5 Å². The van der Waals surface area contributed by atoms with Gasteiger partial charge in [0.15, 0.2) is 0 Å². The Morgan fingerprint density at radius 1 is 1.19 bits per heavy atom. The molecule has 1 aliphatic heterocycles. The number of benzene rings is 2. The van der Waals surface area contributed by atoms with Gasteiger partial charge in [0.05, 0.1) is 17.7 Å². The van der Waals surface area contributed by atoms with Gasteiger partial charge < -0.3 is 15.3 Å². The monoisotopic (exact) mass is 379 g/mol. The van der Waals surface area contributed by atoms with Gasteiger partial charge in [-0.15, -0.1) is 0 Å². The highest BCUT2D eigenvalue weighted by Gasteiger charge is 2.42. The first kappa shape index (κ1) is 19.1. The van der Waals surface area contributed by atoms with Crippen LogP contribution < -0.4 is 0 Å². The highest BCUT2D eigenvalue weighted by atomic mass is 35.5. The molecule has 3 N–H and O–H groups in total. The highest BCUT2D eigenvalue weighted by molar-refractivity contribution is 6.32. The Labute approximate surface area is 157 Å². The summed E-state index contributed by atoms with van der Waals surface area (Å²) < 4.78 is 13.2. The van der Waals surface area contributed by atoms with E-state index in [1.54, 1.807) is 24.3 Å². The van der Waals surface area contributed by atoms with Crippen molar-refractivity contribution in [3.05, 3.63) is 64.4 Å². The minimum atomic E-state index is -0.723. The fraction of sp³-hybridized carbons (Fsp3) is 0.400. The number of phenols is 1. The van der Waals surface area contributed by atoms with E-state index in [0.29, 0.717) is 37.5 Å². The summed E-state index contributed by atoms with van der Waals surface area (Å²) in [7, 11) is 0. The highest BCUT2D eigenvalue weighted by Crippen LogP contribution is 2.36. The van der Waals surface area contributed by atoms with Crippen LogP contribution in [-0.2, 0) is 13.0 Å². The lowest BCUT2D eigenvalue weighted by Gasteiger charge is -2.45. The molecule has 0 aliphatic carbocycles. The number of hydrogen-bond donors (Lipinski definition) is 3. The van der Waals surface area contributed by atoms with Crippen LogP contribution in [0.2, 0.25) is 5.02 Å². The van der Waals surface area contributed by atoms with E-state index >= 15 is 0 Å². The zero-order chi connectivity index (χ0) is 18.7. The summed E-state index contributed by atoms with van der Waals surface area (Å²) in [5.74, 6) is -0.267. The van der Waals surface area contributed by atoms with Gasteiger partial charge in [0.25, 0.3) is 0 Å². The van der Waals surface area contributed by atoms with Crippen LogP contribution in [0.5, 0.6) is 5.75 Å². The number of phenolic OH excluding ortho intramolecular Hbond substituents is 1. The first-order valence-corrected chi connectivity index (χ1v) is 9.03. The topological polar surface area (TPSA) is 63.9 Å². The number of halogens is 2. The summed E-state index contributed by atoms with van der Waals surface area (Å²) in [5.41, 5.74) is 0.952. The Hall–Kier alpha value is -1.66. The van der Waals surface area contributed by atoms with Gasteiger partial charge in [-0.2, -0.15) is 0 Å². The fourth-order valence-electron chi connectivity index (χ4n) is 3.70. The molecule has 0 unspecified atom stereocenters. The molecule has 0 radical (unpaired) electrons. The average Bonchev–Trinajstić information content (AvgIpc) is 2.64. The number of piperidine rings is 1. The lowest BCUT2D eigenvalue weighted by molar-refractivity contribution is -0.0768. The lowest BCUT2D eigenvalue weighted by Crippen LogP contribution is -2.54. The summed E-state index contributed by atoms with van der Waals surface area (Å²) in [6.07, 6.45) is 0.335. The van der Waals surface area contributed by atoms with Gasteiger partial charge in [0.1, 0.15) is 11.6 Å². The maximum absolute atomic E-state index is 13.2. The Balaban J connectivity index is 1.78. The maximum Gasteiger partial charge on any atom is 0.134 e. The van der Waals surface area contributed by atoms with Gasteiger partial charge in [-0.1, -0.05) is 35.9 Å². The molecule has 0 aromatic heterocycles. The Morgan fingerprint density at radius 2 is 1.92 bits per heavy atom. The standard InChI is InChI=1S/C20H23ClFNO3/c21-19-15(2-1-3-17(19)25)11-23-9-8-18(26)20(12-23,13-24)10-14-4-6-16(22)7-5-14/h1-7,18,24-26H,8-13H2/t18-,20-/m0/s1. The van der Waals surface area contributed by atoms with Crippen molar-refractivity contribution in [2.24, 2.45) is 5.41 Å². The van der Waals surface area contributed by atoms with Crippen LogP contribution in [0.1, 0.15) is 17.5 Å². The molecule has 3 rings (SSSR count). The van der Waals surface area contributed by atoms with E-state index in [2.05, 4.69) is 4.90 Å². The maximum atomic E-state index is 13.2. The molecule has 0 saturated carbocycles. The first-order valence-electron chi connectivity index (χ1n) is 8.65. The van der Waals surface area contributed by atoms with Crippen molar-refractivity contribution in [3.63, 3.8) is 0 Å². The van der Waals surface area contributed by atoms with Crippen LogP contribution in [0.4, 0.5) is 4.39 Å². The van der Waals surface area contributed by atoms with Gasteiger partial charge in [0, 0.05) is 25.0 Å². The van der Waals surface area contributed by atoms with Crippen molar-refractivity contribution in [3.8, 4) is 5.75 Å². The third-order valence-corrected chi connectivity index (χ3v) is 5.64. The third kappa shape index (κ3) is 4.01. The molecular formula is C20H23ClFNO3. The average molecular weight is 380 g/mol.